The number of nitrogens with one attached hydrogen (secondary N) is 1. The van der Waals surface area contributed by atoms with E-state index in [4.69, 9.17) is 4.98 Å². The quantitative estimate of drug-likeness (QED) is 0.471. The second kappa shape index (κ2) is 12.0. The molecule has 0 atom stereocenters. The molecule has 1 aliphatic rings. The Hall–Kier alpha value is -2.88. The Morgan fingerprint density at radius 2 is 1.74 bits per heavy atom. The van der Waals surface area contributed by atoms with Crippen molar-refractivity contribution in [2.75, 3.05) is 39.3 Å². The molecule has 34 heavy (non-hydrogen) atoms. The van der Waals surface area contributed by atoms with E-state index >= 15 is 0 Å². The molecule has 1 saturated heterocycles. The first-order valence-corrected chi connectivity index (χ1v) is 12.2. The smallest absolute Gasteiger partial charge is 0.387 e. The highest BCUT2D eigenvalue weighted by molar-refractivity contribution is 7.13. The predicted molar refractivity (Wildman–Crippen MR) is 129 cm³/mol. The number of halogens is 2. The number of rotatable bonds is 10. The maximum atomic E-state index is 12.3. The van der Waals surface area contributed by atoms with E-state index in [0.29, 0.717) is 19.5 Å². The van der Waals surface area contributed by atoms with Crippen LogP contribution in [0, 0.1) is 0 Å². The number of alkyl halides is 2. The van der Waals surface area contributed by atoms with E-state index < -0.39 is 6.61 Å². The summed E-state index contributed by atoms with van der Waals surface area (Å²) in [6.45, 7) is 2.36. The number of nitrogens with zero attached hydrogens (tertiary/aromatic N) is 3. The van der Waals surface area contributed by atoms with Gasteiger partial charge in [0.25, 0.3) is 0 Å². The van der Waals surface area contributed by atoms with Crippen LogP contribution < -0.4 is 10.1 Å². The molecule has 9 heteroatoms. The Morgan fingerprint density at radius 3 is 2.44 bits per heavy atom. The van der Waals surface area contributed by atoms with Crippen LogP contribution in [0.25, 0.3) is 10.6 Å². The van der Waals surface area contributed by atoms with Gasteiger partial charge in [-0.05, 0) is 24.1 Å². The molecule has 0 aliphatic carbocycles. The molecule has 1 N–H and O–H groups in total. The van der Waals surface area contributed by atoms with Crippen molar-refractivity contribution < 1.29 is 18.3 Å². The molecule has 1 aromatic heterocycles. The molecule has 0 bridgehead atoms. The molecule has 4 rings (SSSR count). The lowest BCUT2D eigenvalue weighted by atomic mass is 10.1. The number of amides is 1. The third-order valence-electron chi connectivity index (χ3n) is 5.67. The van der Waals surface area contributed by atoms with Crippen LogP contribution in [0.1, 0.15) is 11.3 Å². The summed E-state index contributed by atoms with van der Waals surface area (Å²) in [5.74, 6) is 0.131. The maximum absolute atomic E-state index is 12.3. The van der Waals surface area contributed by atoms with Crippen LogP contribution in [0.15, 0.2) is 60.0 Å². The number of hydrogen-bond acceptors (Lipinski definition) is 6. The summed E-state index contributed by atoms with van der Waals surface area (Å²) in [5.41, 5.74) is 3.18. The van der Waals surface area contributed by atoms with Crippen molar-refractivity contribution in [1.29, 1.82) is 0 Å². The van der Waals surface area contributed by atoms with Gasteiger partial charge < -0.3 is 10.1 Å². The topological polar surface area (TPSA) is 57.7 Å². The van der Waals surface area contributed by atoms with E-state index in [1.54, 1.807) is 23.5 Å². The van der Waals surface area contributed by atoms with Crippen LogP contribution in [0.2, 0.25) is 0 Å². The number of thiazole rings is 1. The Bertz CT molecular complexity index is 1040. The van der Waals surface area contributed by atoms with Gasteiger partial charge in [-0.2, -0.15) is 8.78 Å². The lowest BCUT2D eigenvalue weighted by Crippen LogP contribution is -2.49. The zero-order valence-electron chi connectivity index (χ0n) is 18.8. The Labute approximate surface area is 202 Å². The third kappa shape index (κ3) is 7.31. The number of hydrogen-bond donors (Lipinski definition) is 1. The Balaban J connectivity index is 1.13. The number of carbonyl (C=O) groups is 1. The summed E-state index contributed by atoms with van der Waals surface area (Å²) >= 11 is 1.67. The Morgan fingerprint density at radius 1 is 1.03 bits per heavy atom. The van der Waals surface area contributed by atoms with E-state index in [0.717, 1.165) is 54.6 Å². The lowest BCUT2D eigenvalue weighted by Gasteiger charge is -2.33. The van der Waals surface area contributed by atoms with E-state index in [-0.39, 0.29) is 11.7 Å². The fourth-order valence-corrected chi connectivity index (χ4v) is 4.69. The van der Waals surface area contributed by atoms with Gasteiger partial charge in [0.2, 0.25) is 5.91 Å². The molecular formula is C25H28F2N4O2S. The summed E-state index contributed by atoms with van der Waals surface area (Å²) < 4.78 is 28.8. The highest BCUT2D eigenvalue weighted by Crippen LogP contribution is 2.24. The average molecular weight is 487 g/mol. The minimum atomic E-state index is -2.83. The van der Waals surface area contributed by atoms with Gasteiger partial charge in [0, 0.05) is 50.2 Å². The van der Waals surface area contributed by atoms with Gasteiger partial charge in [0.05, 0.1) is 12.2 Å². The monoisotopic (exact) mass is 486 g/mol. The van der Waals surface area contributed by atoms with Gasteiger partial charge in [-0.3, -0.25) is 14.6 Å². The van der Waals surface area contributed by atoms with Crippen molar-refractivity contribution >= 4 is 17.2 Å². The maximum Gasteiger partial charge on any atom is 0.387 e. The fraction of sp³-hybridized carbons (Fsp3) is 0.360. The first-order chi connectivity index (χ1) is 16.5. The summed E-state index contributed by atoms with van der Waals surface area (Å²) in [4.78, 5) is 21.6. The molecule has 2 aromatic carbocycles. The van der Waals surface area contributed by atoms with Crippen LogP contribution >= 0.6 is 11.3 Å². The molecule has 0 unspecified atom stereocenters. The molecule has 0 spiro atoms. The van der Waals surface area contributed by atoms with Gasteiger partial charge in [-0.15, -0.1) is 11.3 Å². The van der Waals surface area contributed by atoms with E-state index in [2.05, 4.69) is 37.4 Å². The molecule has 0 saturated carbocycles. The summed E-state index contributed by atoms with van der Waals surface area (Å²) in [7, 11) is 0. The number of benzene rings is 2. The molecule has 1 aliphatic heterocycles. The zero-order valence-corrected chi connectivity index (χ0v) is 19.6. The minimum absolute atomic E-state index is 0.00175. The Kier molecular flexibility index (Phi) is 8.56. The van der Waals surface area contributed by atoms with E-state index in [9.17, 15) is 13.6 Å². The van der Waals surface area contributed by atoms with Crippen molar-refractivity contribution in [2.24, 2.45) is 0 Å². The normalized spacial score (nSPS) is 14.9. The predicted octanol–water partition coefficient (Wildman–Crippen LogP) is 3.89. The molecular weight excluding hydrogens is 458 g/mol. The van der Waals surface area contributed by atoms with Crippen molar-refractivity contribution in [3.05, 3.63) is 71.2 Å². The number of aromatic nitrogens is 1. The number of piperazine rings is 1. The van der Waals surface area contributed by atoms with Crippen molar-refractivity contribution in [2.45, 2.75) is 19.6 Å². The zero-order chi connectivity index (χ0) is 23.8. The molecule has 6 nitrogen and oxygen atoms in total. The molecule has 2 heterocycles. The van der Waals surface area contributed by atoms with Crippen LogP contribution in [0.3, 0.4) is 0 Å². The first kappa shape index (κ1) is 24.3. The third-order valence-corrected chi connectivity index (χ3v) is 6.61. The van der Waals surface area contributed by atoms with Gasteiger partial charge in [-0.25, -0.2) is 4.98 Å². The van der Waals surface area contributed by atoms with E-state index in [1.807, 2.05) is 18.2 Å². The molecule has 3 aromatic rings. The van der Waals surface area contributed by atoms with E-state index in [1.165, 1.54) is 12.1 Å². The average Bonchev–Trinajstić information content (AvgIpc) is 3.30. The minimum Gasteiger partial charge on any atom is -0.435 e. The number of ether oxygens (including phenoxy) is 1. The van der Waals surface area contributed by atoms with Gasteiger partial charge in [0.15, 0.2) is 0 Å². The lowest BCUT2D eigenvalue weighted by molar-refractivity contribution is -0.122. The second-order valence-electron chi connectivity index (χ2n) is 8.18. The van der Waals surface area contributed by atoms with Crippen LogP contribution in [-0.4, -0.2) is 66.6 Å². The van der Waals surface area contributed by atoms with Crippen LogP contribution in [0.4, 0.5) is 8.78 Å². The second-order valence-corrected chi connectivity index (χ2v) is 9.04. The molecule has 180 valence electrons. The summed E-state index contributed by atoms with van der Waals surface area (Å²) in [5, 5.41) is 6.11. The standard InChI is InChI=1S/C25H28F2N4O2S/c26-25(27)33-22-8-6-19(7-9-22)10-11-28-23(32)17-31-14-12-30(13-15-31)16-21-18-34-24(29-21)20-4-2-1-3-5-20/h1-9,18,25H,10-17H2,(H,28,32). The number of carbonyl (C=O) groups excluding carboxylic acids is 1. The highest BCUT2D eigenvalue weighted by atomic mass is 32.1. The van der Waals surface area contributed by atoms with Gasteiger partial charge >= 0.3 is 6.61 Å². The van der Waals surface area contributed by atoms with Gasteiger partial charge in [-0.1, -0.05) is 42.5 Å². The summed E-state index contributed by atoms with van der Waals surface area (Å²) in [6, 6.07) is 16.7. The first-order valence-electron chi connectivity index (χ1n) is 11.3. The van der Waals surface area contributed by atoms with Crippen LogP contribution in [0.5, 0.6) is 5.75 Å². The largest absolute Gasteiger partial charge is 0.435 e. The molecule has 1 fully saturated rings. The summed E-state index contributed by atoms with van der Waals surface area (Å²) in [6.07, 6.45) is 0.632. The van der Waals surface area contributed by atoms with Gasteiger partial charge in [0.1, 0.15) is 10.8 Å². The van der Waals surface area contributed by atoms with Crippen LogP contribution in [-0.2, 0) is 17.8 Å². The highest BCUT2D eigenvalue weighted by Gasteiger charge is 2.20. The van der Waals surface area contributed by atoms with Crippen molar-refractivity contribution in [1.82, 2.24) is 20.1 Å². The van der Waals surface area contributed by atoms with Crippen molar-refractivity contribution in [3.63, 3.8) is 0 Å². The molecule has 0 radical (unpaired) electrons. The molecule has 1 amide bonds. The van der Waals surface area contributed by atoms with Crippen molar-refractivity contribution in [3.8, 4) is 16.3 Å². The fourth-order valence-electron chi connectivity index (χ4n) is 3.87. The SMILES string of the molecule is O=C(CN1CCN(Cc2csc(-c3ccccc3)n2)CC1)NCCc1ccc(OC(F)F)cc1.